The van der Waals surface area contributed by atoms with Crippen LogP contribution in [0.1, 0.15) is 59.2 Å². The molecule has 2 aromatic rings. The van der Waals surface area contributed by atoms with E-state index in [4.69, 9.17) is 10.2 Å². The molecule has 6 rings (SSSR count). The summed E-state index contributed by atoms with van der Waals surface area (Å²) in [4.78, 5) is 44.8. The summed E-state index contributed by atoms with van der Waals surface area (Å²) < 4.78 is 0. The number of hydrogen-bond donors (Lipinski definition) is 4. The lowest BCUT2D eigenvalue weighted by Gasteiger charge is -2.58. The van der Waals surface area contributed by atoms with Crippen LogP contribution in [0.25, 0.3) is 10.8 Å². The number of carbonyl (C=O) groups is 4. The van der Waals surface area contributed by atoms with E-state index in [0.29, 0.717) is 49.3 Å². The van der Waals surface area contributed by atoms with Crippen molar-refractivity contribution in [3.63, 3.8) is 0 Å². The molecule has 0 unspecified atom stereocenters. The van der Waals surface area contributed by atoms with Gasteiger partial charge in [0.05, 0.1) is 22.0 Å². The van der Waals surface area contributed by atoms with Crippen molar-refractivity contribution in [1.29, 1.82) is 0 Å². The lowest BCUT2D eigenvalue weighted by Crippen LogP contribution is -2.57. The largest absolute Gasteiger partial charge is 0.481 e. The second-order valence-corrected chi connectivity index (χ2v) is 9.45. The van der Waals surface area contributed by atoms with Crippen molar-refractivity contribution in [1.82, 2.24) is 0 Å². The van der Waals surface area contributed by atoms with Crippen LogP contribution in [0.2, 0.25) is 0 Å². The van der Waals surface area contributed by atoms with E-state index in [9.17, 15) is 29.4 Å². The maximum Gasteiger partial charge on any atom is 0.336 e. The summed E-state index contributed by atoms with van der Waals surface area (Å²) in [5.74, 6) is -3.14. The highest BCUT2D eigenvalue weighted by molar-refractivity contribution is 6.12. The SMILES string of the molecule is O=C(O)C12CC3CC(C1)CC(C(=O)O)(C3)C2.O=C(O)c1cccc2cccc(C(=O)O)c12. The molecule has 4 fully saturated rings. The number of carboxylic acids is 4. The lowest BCUT2D eigenvalue weighted by atomic mass is 9.44. The topological polar surface area (TPSA) is 149 Å². The molecule has 4 aliphatic rings. The van der Waals surface area contributed by atoms with Gasteiger partial charge >= 0.3 is 23.9 Å². The number of hydrogen-bond acceptors (Lipinski definition) is 4. The van der Waals surface area contributed by atoms with E-state index < -0.39 is 34.7 Å². The molecule has 0 aromatic heterocycles. The van der Waals surface area contributed by atoms with Crippen LogP contribution in [0.3, 0.4) is 0 Å². The minimum atomic E-state index is -1.13. The van der Waals surface area contributed by atoms with Crippen LogP contribution >= 0.6 is 0 Å². The number of fused-ring (bicyclic) bond motifs is 1. The van der Waals surface area contributed by atoms with Crippen LogP contribution in [0.4, 0.5) is 0 Å². The highest BCUT2D eigenvalue weighted by Gasteiger charge is 2.63. The van der Waals surface area contributed by atoms with Gasteiger partial charge in [0.25, 0.3) is 0 Å². The van der Waals surface area contributed by atoms with Gasteiger partial charge in [0, 0.05) is 5.39 Å². The summed E-state index contributed by atoms with van der Waals surface area (Å²) in [6.45, 7) is 0. The third-order valence-corrected chi connectivity index (χ3v) is 7.33. The van der Waals surface area contributed by atoms with E-state index in [1.54, 1.807) is 24.3 Å². The number of rotatable bonds is 4. The van der Waals surface area contributed by atoms with Crippen molar-refractivity contribution in [3.8, 4) is 0 Å². The van der Waals surface area contributed by atoms with Gasteiger partial charge in [0.15, 0.2) is 0 Å². The second-order valence-electron chi connectivity index (χ2n) is 9.45. The maximum absolute atomic E-state index is 11.4. The zero-order valence-corrected chi connectivity index (χ0v) is 17.3. The van der Waals surface area contributed by atoms with E-state index >= 15 is 0 Å². The van der Waals surface area contributed by atoms with Gasteiger partial charge in [-0.1, -0.05) is 24.3 Å². The van der Waals surface area contributed by atoms with Crippen molar-refractivity contribution < 1.29 is 39.6 Å². The van der Waals surface area contributed by atoms with Gasteiger partial charge in [-0.05, 0) is 67.9 Å². The summed E-state index contributed by atoms with van der Waals surface area (Å²) in [5, 5.41) is 37.6. The molecule has 4 N–H and O–H groups in total. The molecule has 0 radical (unpaired) electrons. The third-order valence-electron chi connectivity index (χ3n) is 7.33. The fraction of sp³-hybridized carbons (Fsp3) is 0.417. The van der Waals surface area contributed by atoms with Crippen molar-refractivity contribution in [2.24, 2.45) is 22.7 Å². The summed E-state index contributed by atoms with van der Waals surface area (Å²) in [6, 6.07) is 9.37. The standard InChI is InChI=1S/C12H16O4.C12H8O4/c13-9(14)11-2-7-1-8(4-11)5-12(3-7,6-11)10(15)16;13-11(14)8-5-1-3-7-4-2-6-9(10(7)8)12(15)16/h7-8H,1-6H2,(H,13,14)(H,15,16);1-6H,(H,13,14)(H,15,16). The second kappa shape index (κ2) is 7.62. The van der Waals surface area contributed by atoms with Crippen LogP contribution in [0, 0.1) is 22.7 Å². The number of benzene rings is 2. The molecule has 0 amide bonds. The molecule has 0 saturated heterocycles. The smallest absolute Gasteiger partial charge is 0.336 e. The Labute approximate surface area is 183 Å². The highest BCUT2D eigenvalue weighted by Crippen LogP contribution is 2.65. The first-order valence-electron chi connectivity index (χ1n) is 10.5. The van der Waals surface area contributed by atoms with Crippen LogP contribution < -0.4 is 0 Å². The molecule has 0 heterocycles. The van der Waals surface area contributed by atoms with Gasteiger partial charge in [-0.25, -0.2) is 9.59 Å². The summed E-state index contributed by atoms with van der Waals surface area (Å²) >= 11 is 0. The van der Waals surface area contributed by atoms with E-state index in [1.165, 1.54) is 12.1 Å². The first-order valence-corrected chi connectivity index (χ1v) is 10.5. The van der Waals surface area contributed by atoms with Gasteiger partial charge in [0.2, 0.25) is 0 Å². The molecule has 0 atom stereocenters. The van der Waals surface area contributed by atoms with Gasteiger partial charge < -0.3 is 20.4 Å². The van der Waals surface area contributed by atoms with Crippen LogP contribution in [0.15, 0.2) is 36.4 Å². The molecule has 0 spiro atoms. The minimum Gasteiger partial charge on any atom is -0.481 e. The first-order chi connectivity index (χ1) is 15.1. The molecule has 2 aromatic carbocycles. The summed E-state index contributed by atoms with van der Waals surface area (Å²) in [5.41, 5.74) is -1.42. The highest BCUT2D eigenvalue weighted by atomic mass is 16.4. The molecule has 0 aliphatic heterocycles. The molecule has 32 heavy (non-hydrogen) atoms. The van der Waals surface area contributed by atoms with Crippen LogP contribution in [0.5, 0.6) is 0 Å². The molecule has 4 aliphatic carbocycles. The van der Waals surface area contributed by atoms with E-state index in [-0.39, 0.29) is 16.5 Å². The van der Waals surface area contributed by atoms with Gasteiger partial charge in [-0.15, -0.1) is 0 Å². The Balaban J connectivity index is 0.000000153. The quantitative estimate of drug-likeness (QED) is 0.558. The number of carboxylic acid groups (broad SMARTS) is 4. The Morgan fingerprint density at radius 1 is 0.688 bits per heavy atom. The Morgan fingerprint density at radius 2 is 1.09 bits per heavy atom. The maximum atomic E-state index is 11.4. The average Bonchev–Trinajstić information content (AvgIpc) is 2.72. The van der Waals surface area contributed by atoms with Crippen LogP contribution in [-0.2, 0) is 9.59 Å². The lowest BCUT2D eigenvalue weighted by molar-refractivity contribution is -0.187. The Morgan fingerprint density at radius 3 is 1.44 bits per heavy atom. The molecule has 4 bridgehead atoms. The van der Waals surface area contributed by atoms with Gasteiger partial charge in [-0.3, -0.25) is 9.59 Å². The van der Waals surface area contributed by atoms with Gasteiger partial charge in [0.1, 0.15) is 0 Å². The van der Waals surface area contributed by atoms with Crippen molar-refractivity contribution >= 4 is 34.6 Å². The van der Waals surface area contributed by atoms with Crippen LogP contribution in [-0.4, -0.2) is 44.3 Å². The molecular formula is C24H24O8. The zero-order valence-electron chi connectivity index (χ0n) is 17.3. The molecule has 8 nitrogen and oxygen atoms in total. The Kier molecular flexibility index (Phi) is 5.19. The average molecular weight is 440 g/mol. The van der Waals surface area contributed by atoms with E-state index in [1.807, 2.05) is 0 Å². The third kappa shape index (κ3) is 3.49. The van der Waals surface area contributed by atoms with Crippen molar-refractivity contribution in [2.75, 3.05) is 0 Å². The fourth-order valence-electron chi connectivity index (χ4n) is 6.46. The van der Waals surface area contributed by atoms with E-state index in [2.05, 4.69) is 0 Å². The van der Waals surface area contributed by atoms with Crippen molar-refractivity contribution in [2.45, 2.75) is 38.5 Å². The number of aromatic carboxylic acids is 2. The Hall–Kier alpha value is -3.42. The van der Waals surface area contributed by atoms with E-state index in [0.717, 1.165) is 6.42 Å². The predicted octanol–water partition coefficient (Wildman–Crippen LogP) is 3.98. The minimum absolute atomic E-state index is 0.00972. The zero-order chi connectivity index (χ0) is 23.3. The van der Waals surface area contributed by atoms with Crippen molar-refractivity contribution in [3.05, 3.63) is 47.5 Å². The predicted molar refractivity (Wildman–Crippen MR) is 113 cm³/mol. The molecule has 4 saturated carbocycles. The fourth-order valence-corrected chi connectivity index (χ4v) is 6.46. The number of aliphatic carboxylic acids is 2. The summed E-state index contributed by atoms with van der Waals surface area (Å²) in [6.07, 6.45) is 4.21. The first kappa shape index (κ1) is 21.8. The monoisotopic (exact) mass is 440 g/mol. The summed E-state index contributed by atoms with van der Waals surface area (Å²) in [7, 11) is 0. The molecular weight excluding hydrogens is 416 g/mol. The molecule has 168 valence electrons. The normalized spacial score (nSPS) is 29.8. The van der Waals surface area contributed by atoms with Gasteiger partial charge in [-0.2, -0.15) is 0 Å². The Bertz CT molecular complexity index is 1040. The molecule has 8 heteroatoms.